The van der Waals surface area contributed by atoms with Gasteiger partial charge in [0, 0.05) is 18.7 Å². The van der Waals surface area contributed by atoms with E-state index >= 15 is 0 Å². The fourth-order valence-corrected chi connectivity index (χ4v) is 2.57. The summed E-state index contributed by atoms with van der Waals surface area (Å²) in [6.07, 6.45) is 2.13. The largest absolute Gasteiger partial charge is 0.486 e. The maximum atomic E-state index is 6.08. The van der Waals surface area contributed by atoms with Gasteiger partial charge in [0.25, 0.3) is 0 Å². The molecule has 1 aromatic rings. The summed E-state index contributed by atoms with van der Waals surface area (Å²) in [4.78, 5) is 0. The Balaban J connectivity index is 1.84. The number of nitrogens with two attached hydrogens (primary N) is 1. The Bertz CT molecular complexity index is 470. The standard InChI is InChI=1S/C14H20N2O3/c1-14(3-2-4-17-9-14)16-11-8-13-12(7-10(11)15)18-5-6-19-13/h7-8,16H,2-6,9,15H2,1H3. The van der Waals surface area contributed by atoms with E-state index in [9.17, 15) is 0 Å². The highest BCUT2D eigenvalue weighted by molar-refractivity contribution is 5.73. The first-order valence-electron chi connectivity index (χ1n) is 6.71. The lowest BCUT2D eigenvalue weighted by atomic mass is 9.94. The average molecular weight is 264 g/mol. The number of anilines is 2. The van der Waals surface area contributed by atoms with Gasteiger partial charge in [-0.2, -0.15) is 0 Å². The first kappa shape index (κ1) is 12.4. The maximum absolute atomic E-state index is 6.08. The molecule has 1 aromatic carbocycles. The van der Waals surface area contributed by atoms with Crippen LogP contribution in [0.2, 0.25) is 0 Å². The third-order valence-corrected chi connectivity index (χ3v) is 3.59. The summed E-state index contributed by atoms with van der Waals surface area (Å²) in [6.45, 7) is 4.85. The SMILES string of the molecule is CC1(Nc2cc3c(cc2N)OCCO3)CCCOC1. The predicted octanol–water partition coefficient (Wildman–Crippen LogP) is 2.02. The van der Waals surface area contributed by atoms with Gasteiger partial charge in [-0.15, -0.1) is 0 Å². The van der Waals surface area contributed by atoms with Gasteiger partial charge in [-0.1, -0.05) is 0 Å². The third kappa shape index (κ3) is 2.56. The second-order valence-electron chi connectivity index (χ2n) is 5.42. The van der Waals surface area contributed by atoms with Crippen LogP contribution in [0.3, 0.4) is 0 Å². The van der Waals surface area contributed by atoms with Crippen LogP contribution in [0, 0.1) is 0 Å². The summed E-state index contributed by atoms with van der Waals surface area (Å²) in [5.74, 6) is 1.47. The molecule has 5 nitrogen and oxygen atoms in total. The van der Waals surface area contributed by atoms with Crippen molar-refractivity contribution in [1.82, 2.24) is 0 Å². The minimum absolute atomic E-state index is 0.0733. The molecular formula is C14H20N2O3. The molecule has 5 heteroatoms. The van der Waals surface area contributed by atoms with Gasteiger partial charge in [-0.25, -0.2) is 0 Å². The van der Waals surface area contributed by atoms with Crippen LogP contribution in [0.4, 0.5) is 11.4 Å². The Labute approximate surface area is 113 Å². The van der Waals surface area contributed by atoms with Crippen molar-refractivity contribution in [2.45, 2.75) is 25.3 Å². The van der Waals surface area contributed by atoms with Crippen molar-refractivity contribution in [2.75, 3.05) is 37.5 Å². The van der Waals surface area contributed by atoms with Crippen LogP contribution in [0.1, 0.15) is 19.8 Å². The average Bonchev–Trinajstić information content (AvgIpc) is 2.40. The molecule has 3 N–H and O–H groups in total. The summed E-state index contributed by atoms with van der Waals surface area (Å²) in [5, 5.41) is 3.49. The monoisotopic (exact) mass is 264 g/mol. The van der Waals surface area contributed by atoms with Crippen molar-refractivity contribution in [1.29, 1.82) is 0 Å². The molecule has 1 saturated heterocycles. The molecule has 1 fully saturated rings. The Morgan fingerprint density at radius 2 is 1.89 bits per heavy atom. The predicted molar refractivity (Wildman–Crippen MR) is 73.9 cm³/mol. The van der Waals surface area contributed by atoms with Crippen LogP contribution >= 0.6 is 0 Å². The van der Waals surface area contributed by atoms with Crippen LogP contribution in [0.5, 0.6) is 11.5 Å². The highest BCUT2D eigenvalue weighted by atomic mass is 16.6. The molecular weight excluding hydrogens is 244 g/mol. The number of hydrogen-bond donors (Lipinski definition) is 2. The Morgan fingerprint density at radius 1 is 1.16 bits per heavy atom. The van der Waals surface area contributed by atoms with Crippen LogP contribution in [-0.2, 0) is 4.74 Å². The van der Waals surface area contributed by atoms with Gasteiger partial charge in [0.1, 0.15) is 13.2 Å². The van der Waals surface area contributed by atoms with E-state index in [-0.39, 0.29) is 5.54 Å². The third-order valence-electron chi connectivity index (χ3n) is 3.59. The van der Waals surface area contributed by atoms with Gasteiger partial charge in [-0.3, -0.25) is 0 Å². The minimum atomic E-state index is -0.0733. The summed E-state index contributed by atoms with van der Waals surface area (Å²) in [7, 11) is 0. The smallest absolute Gasteiger partial charge is 0.163 e. The van der Waals surface area contributed by atoms with E-state index in [2.05, 4.69) is 12.2 Å². The van der Waals surface area contributed by atoms with Crippen molar-refractivity contribution in [3.63, 3.8) is 0 Å². The number of hydrogen-bond acceptors (Lipinski definition) is 5. The van der Waals surface area contributed by atoms with Gasteiger partial charge in [0.15, 0.2) is 11.5 Å². The number of rotatable bonds is 2. The van der Waals surface area contributed by atoms with Gasteiger partial charge in [0.2, 0.25) is 0 Å². The van der Waals surface area contributed by atoms with Gasteiger partial charge in [0.05, 0.1) is 23.5 Å². The molecule has 2 heterocycles. The van der Waals surface area contributed by atoms with Crippen molar-refractivity contribution < 1.29 is 14.2 Å². The lowest BCUT2D eigenvalue weighted by Gasteiger charge is -2.36. The second-order valence-corrected chi connectivity index (χ2v) is 5.42. The van der Waals surface area contributed by atoms with Crippen LogP contribution in [0.25, 0.3) is 0 Å². The highest BCUT2D eigenvalue weighted by Gasteiger charge is 2.28. The zero-order valence-electron chi connectivity index (χ0n) is 11.2. The topological polar surface area (TPSA) is 65.7 Å². The first-order valence-corrected chi connectivity index (χ1v) is 6.71. The molecule has 0 bridgehead atoms. The fraction of sp³-hybridized carbons (Fsp3) is 0.571. The minimum Gasteiger partial charge on any atom is -0.486 e. The number of nitrogens with one attached hydrogen (secondary N) is 1. The number of ether oxygens (including phenoxy) is 3. The molecule has 0 amide bonds. The molecule has 104 valence electrons. The molecule has 1 atom stereocenters. The summed E-state index contributed by atoms with van der Waals surface area (Å²) >= 11 is 0. The molecule has 0 aromatic heterocycles. The van der Waals surface area contributed by atoms with E-state index in [4.69, 9.17) is 19.9 Å². The molecule has 0 radical (unpaired) electrons. The van der Waals surface area contributed by atoms with E-state index < -0.39 is 0 Å². The molecule has 3 rings (SSSR count). The zero-order chi connectivity index (χ0) is 13.3. The summed E-state index contributed by atoms with van der Waals surface area (Å²) in [5.41, 5.74) is 7.57. The van der Waals surface area contributed by atoms with Crippen LogP contribution in [0.15, 0.2) is 12.1 Å². The van der Waals surface area contributed by atoms with Crippen molar-refractivity contribution in [3.8, 4) is 11.5 Å². The number of fused-ring (bicyclic) bond motifs is 1. The van der Waals surface area contributed by atoms with Gasteiger partial charge >= 0.3 is 0 Å². The van der Waals surface area contributed by atoms with E-state index in [0.29, 0.717) is 25.5 Å². The second kappa shape index (κ2) is 4.81. The number of benzene rings is 1. The zero-order valence-corrected chi connectivity index (χ0v) is 11.2. The van der Waals surface area contributed by atoms with Gasteiger partial charge < -0.3 is 25.3 Å². The molecule has 0 saturated carbocycles. The molecule has 0 aliphatic carbocycles. The lowest BCUT2D eigenvalue weighted by Crippen LogP contribution is -2.43. The Morgan fingerprint density at radius 3 is 2.58 bits per heavy atom. The molecule has 2 aliphatic heterocycles. The highest BCUT2D eigenvalue weighted by Crippen LogP contribution is 2.38. The molecule has 19 heavy (non-hydrogen) atoms. The Hall–Kier alpha value is -1.62. The van der Waals surface area contributed by atoms with Gasteiger partial charge in [-0.05, 0) is 19.8 Å². The summed E-state index contributed by atoms with van der Waals surface area (Å²) in [6, 6.07) is 3.74. The van der Waals surface area contributed by atoms with E-state index in [1.54, 1.807) is 0 Å². The van der Waals surface area contributed by atoms with Crippen molar-refractivity contribution in [2.24, 2.45) is 0 Å². The Kier molecular flexibility index (Phi) is 3.14. The van der Waals surface area contributed by atoms with Crippen LogP contribution < -0.4 is 20.5 Å². The number of nitrogen functional groups attached to an aromatic ring is 1. The van der Waals surface area contributed by atoms with Crippen molar-refractivity contribution in [3.05, 3.63) is 12.1 Å². The van der Waals surface area contributed by atoms with E-state index in [1.807, 2.05) is 12.1 Å². The van der Waals surface area contributed by atoms with E-state index in [1.165, 1.54) is 0 Å². The van der Waals surface area contributed by atoms with E-state index in [0.717, 1.165) is 36.6 Å². The quantitative estimate of drug-likeness (QED) is 0.800. The maximum Gasteiger partial charge on any atom is 0.163 e. The lowest BCUT2D eigenvalue weighted by molar-refractivity contribution is 0.0540. The van der Waals surface area contributed by atoms with Crippen molar-refractivity contribution >= 4 is 11.4 Å². The summed E-state index contributed by atoms with van der Waals surface area (Å²) < 4.78 is 16.7. The molecule has 1 unspecified atom stereocenters. The molecule has 0 spiro atoms. The molecule has 2 aliphatic rings. The first-order chi connectivity index (χ1) is 9.16. The van der Waals surface area contributed by atoms with Crippen LogP contribution in [-0.4, -0.2) is 32.0 Å². The fourth-order valence-electron chi connectivity index (χ4n) is 2.57. The normalized spacial score (nSPS) is 25.9.